The summed E-state index contributed by atoms with van der Waals surface area (Å²) >= 11 is 2.84. The minimum Gasteiger partial charge on any atom is -0.493 e. The van der Waals surface area contributed by atoms with E-state index in [1.54, 1.807) is 42.9 Å². The molecular weight excluding hydrogens is 460 g/mol. The van der Waals surface area contributed by atoms with E-state index in [9.17, 15) is 9.59 Å². The summed E-state index contributed by atoms with van der Waals surface area (Å²) in [5.74, 6) is 0.492. The van der Waals surface area contributed by atoms with Gasteiger partial charge in [-0.3, -0.25) is 9.36 Å². The monoisotopic (exact) mass is 484 g/mol. The van der Waals surface area contributed by atoms with Crippen LogP contribution in [0.3, 0.4) is 0 Å². The molecule has 0 aliphatic carbocycles. The summed E-state index contributed by atoms with van der Waals surface area (Å²) in [6.07, 6.45) is 1.85. The van der Waals surface area contributed by atoms with Gasteiger partial charge in [-0.05, 0) is 44.4 Å². The molecule has 0 amide bonds. The fourth-order valence-corrected chi connectivity index (χ4v) is 5.57. The van der Waals surface area contributed by atoms with Gasteiger partial charge >= 0.3 is 5.97 Å². The second kappa shape index (κ2) is 9.76. The summed E-state index contributed by atoms with van der Waals surface area (Å²) in [6, 6.07) is 8.57. The molecule has 3 heterocycles. The van der Waals surface area contributed by atoms with Crippen molar-refractivity contribution in [2.45, 2.75) is 26.8 Å². The van der Waals surface area contributed by atoms with E-state index in [2.05, 4.69) is 4.99 Å². The SMILES string of the molecule is CCOC(=O)C1=C(C)N=c2s/c(=C/c3cccs3)c(=O)n2C1c1cccc(OC)c1OCC. The number of hydrogen-bond acceptors (Lipinski definition) is 8. The fraction of sp³-hybridized carbons (Fsp3) is 0.292. The predicted molar refractivity (Wildman–Crippen MR) is 129 cm³/mol. The smallest absolute Gasteiger partial charge is 0.338 e. The molecule has 0 spiro atoms. The fourth-order valence-electron chi connectivity index (χ4n) is 3.80. The van der Waals surface area contributed by atoms with Crippen molar-refractivity contribution in [2.75, 3.05) is 20.3 Å². The number of benzene rings is 1. The van der Waals surface area contributed by atoms with Gasteiger partial charge in [0.15, 0.2) is 16.3 Å². The number of para-hydroxylation sites is 1. The summed E-state index contributed by atoms with van der Waals surface area (Å²) in [7, 11) is 1.56. The van der Waals surface area contributed by atoms with Crippen molar-refractivity contribution in [1.29, 1.82) is 0 Å². The van der Waals surface area contributed by atoms with Crippen LogP contribution in [0.1, 0.15) is 37.3 Å². The van der Waals surface area contributed by atoms with Crippen LogP contribution in [0.25, 0.3) is 6.08 Å². The van der Waals surface area contributed by atoms with E-state index in [0.29, 0.717) is 44.3 Å². The molecule has 1 aliphatic heterocycles. The van der Waals surface area contributed by atoms with Gasteiger partial charge in [-0.1, -0.05) is 29.5 Å². The molecule has 0 saturated carbocycles. The van der Waals surface area contributed by atoms with Gasteiger partial charge in [-0.15, -0.1) is 11.3 Å². The van der Waals surface area contributed by atoms with Crippen LogP contribution in [0, 0.1) is 0 Å². The maximum Gasteiger partial charge on any atom is 0.338 e. The normalized spacial score (nSPS) is 15.8. The van der Waals surface area contributed by atoms with Crippen molar-refractivity contribution in [3.05, 3.63) is 77.1 Å². The zero-order valence-corrected chi connectivity index (χ0v) is 20.4. The second-order valence-corrected chi connectivity index (χ2v) is 9.12. The number of aromatic nitrogens is 1. The molecule has 1 aliphatic rings. The van der Waals surface area contributed by atoms with Crippen LogP contribution in [0.2, 0.25) is 0 Å². The van der Waals surface area contributed by atoms with Gasteiger partial charge in [-0.2, -0.15) is 0 Å². The Morgan fingerprint density at radius 1 is 1.21 bits per heavy atom. The Kier molecular flexibility index (Phi) is 6.80. The Morgan fingerprint density at radius 3 is 2.70 bits per heavy atom. The molecule has 0 bridgehead atoms. The van der Waals surface area contributed by atoms with Gasteiger partial charge in [-0.25, -0.2) is 9.79 Å². The van der Waals surface area contributed by atoms with E-state index in [0.717, 1.165) is 4.88 Å². The highest BCUT2D eigenvalue weighted by Gasteiger charge is 2.35. The quantitative estimate of drug-likeness (QED) is 0.481. The van der Waals surface area contributed by atoms with Crippen LogP contribution in [0.5, 0.6) is 11.5 Å². The van der Waals surface area contributed by atoms with Gasteiger partial charge in [0.05, 0.1) is 36.1 Å². The number of carbonyl (C=O) groups excluding carboxylic acids is 1. The van der Waals surface area contributed by atoms with E-state index in [1.807, 2.05) is 42.6 Å². The van der Waals surface area contributed by atoms with Crippen LogP contribution in [-0.4, -0.2) is 30.9 Å². The first kappa shape index (κ1) is 23.0. The first-order chi connectivity index (χ1) is 16.0. The summed E-state index contributed by atoms with van der Waals surface area (Å²) in [4.78, 5) is 32.8. The number of fused-ring (bicyclic) bond motifs is 1. The van der Waals surface area contributed by atoms with E-state index >= 15 is 0 Å². The summed E-state index contributed by atoms with van der Waals surface area (Å²) < 4.78 is 18.9. The molecule has 33 heavy (non-hydrogen) atoms. The zero-order chi connectivity index (χ0) is 23.5. The minimum absolute atomic E-state index is 0.210. The maximum absolute atomic E-state index is 13.6. The number of rotatable bonds is 7. The number of carbonyl (C=O) groups is 1. The molecule has 1 atom stereocenters. The average molecular weight is 485 g/mol. The van der Waals surface area contributed by atoms with E-state index < -0.39 is 12.0 Å². The largest absolute Gasteiger partial charge is 0.493 e. The number of allylic oxidation sites excluding steroid dienone is 1. The second-order valence-electron chi connectivity index (χ2n) is 7.13. The molecule has 1 unspecified atom stereocenters. The van der Waals surface area contributed by atoms with Crippen LogP contribution in [0.4, 0.5) is 0 Å². The van der Waals surface area contributed by atoms with E-state index in [-0.39, 0.29) is 12.2 Å². The molecule has 9 heteroatoms. The number of ether oxygens (including phenoxy) is 3. The molecule has 3 aromatic rings. The summed E-state index contributed by atoms with van der Waals surface area (Å²) in [6.45, 7) is 5.98. The van der Waals surface area contributed by atoms with E-state index in [1.165, 1.54) is 11.3 Å². The highest BCUT2D eigenvalue weighted by Crippen LogP contribution is 2.40. The Labute approximate surface area is 198 Å². The van der Waals surface area contributed by atoms with Crippen molar-refractivity contribution in [3.63, 3.8) is 0 Å². The molecular formula is C24H24N2O5S2. The number of thiophene rings is 1. The van der Waals surface area contributed by atoms with Crippen molar-refractivity contribution < 1.29 is 19.0 Å². The highest BCUT2D eigenvalue weighted by molar-refractivity contribution is 7.11. The maximum atomic E-state index is 13.6. The van der Waals surface area contributed by atoms with Crippen molar-refractivity contribution in [2.24, 2.45) is 4.99 Å². The molecule has 0 saturated heterocycles. The number of methoxy groups -OCH3 is 1. The van der Waals surface area contributed by atoms with Crippen LogP contribution < -0.4 is 24.4 Å². The molecule has 172 valence electrons. The topological polar surface area (TPSA) is 79.1 Å². The molecule has 0 fully saturated rings. The first-order valence-electron chi connectivity index (χ1n) is 10.5. The van der Waals surface area contributed by atoms with Crippen molar-refractivity contribution in [1.82, 2.24) is 4.57 Å². The third-order valence-corrected chi connectivity index (χ3v) is 6.95. The first-order valence-corrected chi connectivity index (χ1v) is 12.2. The third kappa shape index (κ3) is 4.26. The Bertz CT molecular complexity index is 1380. The number of esters is 1. The lowest BCUT2D eigenvalue weighted by atomic mass is 9.94. The lowest BCUT2D eigenvalue weighted by Crippen LogP contribution is -2.40. The molecule has 0 radical (unpaired) electrons. The Morgan fingerprint density at radius 2 is 2.03 bits per heavy atom. The highest BCUT2D eigenvalue weighted by atomic mass is 32.1. The van der Waals surface area contributed by atoms with Gasteiger partial charge in [0.2, 0.25) is 0 Å². The average Bonchev–Trinajstić information content (AvgIpc) is 3.41. The lowest BCUT2D eigenvalue weighted by Gasteiger charge is -2.26. The molecule has 4 rings (SSSR count). The van der Waals surface area contributed by atoms with Crippen molar-refractivity contribution in [3.8, 4) is 11.5 Å². The van der Waals surface area contributed by atoms with E-state index in [4.69, 9.17) is 14.2 Å². The van der Waals surface area contributed by atoms with Gasteiger partial charge in [0, 0.05) is 10.4 Å². The standard InChI is InChI=1S/C24H24N2O5S2/c1-5-30-21-16(10-7-11-17(21)29-4)20-19(23(28)31-6-2)14(3)25-24-26(20)22(27)18(33-24)13-15-9-8-12-32-15/h7-13,20H,5-6H2,1-4H3/b18-13+. The molecule has 2 aromatic heterocycles. The van der Waals surface area contributed by atoms with Gasteiger partial charge in [0.1, 0.15) is 6.04 Å². The number of nitrogens with zero attached hydrogens (tertiary/aromatic N) is 2. The summed E-state index contributed by atoms with van der Waals surface area (Å²) in [5.41, 5.74) is 1.22. The number of hydrogen-bond donors (Lipinski definition) is 0. The predicted octanol–water partition coefficient (Wildman–Crippen LogP) is 3.27. The molecule has 0 N–H and O–H groups in total. The van der Waals surface area contributed by atoms with Crippen LogP contribution in [0.15, 0.2) is 56.8 Å². The molecule has 7 nitrogen and oxygen atoms in total. The van der Waals surface area contributed by atoms with Crippen LogP contribution in [-0.2, 0) is 9.53 Å². The van der Waals surface area contributed by atoms with Crippen molar-refractivity contribution >= 4 is 34.7 Å². The minimum atomic E-state index is -0.762. The molecule has 1 aromatic carbocycles. The lowest BCUT2D eigenvalue weighted by molar-refractivity contribution is -0.139. The Hall–Kier alpha value is -3.17. The third-order valence-electron chi connectivity index (χ3n) is 5.15. The summed E-state index contributed by atoms with van der Waals surface area (Å²) in [5, 5.41) is 1.96. The Balaban J connectivity index is 2.03. The van der Waals surface area contributed by atoms with Crippen LogP contribution >= 0.6 is 22.7 Å². The van der Waals surface area contributed by atoms with Gasteiger partial charge in [0.25, 0.3) is 5.56 Å². The van der Waals surface area contributed by atoms with Gasteiger partial charge < -0.3 is 14.2 Å². The zero-order valence-electron chi connectivity index (χ0n) is 18.8. The number of thiazole rings is 1.